The van der Waals surface area contributed by atoms with E-state index in [4.69, 9.17) is 5.10 Å². The topological polar surface area (TPSA) is 55.4 Å². The molecule has 170 valence electrons. The molecule has 0 radical (unpaired) electrons. The van der Waals surface area contributed by atoms with E-state index in [0.29, 0.717) is 35.0 Å². The number of amides is 1. The van der Waals surface area contributed by atoms with Gasteiger partial charge in [-0.25, -0.2) is 9.37 Å². The molecule has 1 aliphatic rings. The van der Waals surface area contributed by atoms with Crippen molar-refractivity contribution >= 4 is 22.2 Å². The van der Waals surface area contributed by atoms with E-state index in [1.807, 2.05) is 63.8 Å². The van der Waals surface area contributed by atoms with E-state index >= 15 is 0 Å². The van der Waals surface area contributed by atoms with Crippen molar-refractivity contribution in [2.45, 2.75) is 25.4 Å². The van der Waals surface area contributed by atoms with Crippen molar-refractivity contribution in [1.82, 2.24) is 24.1 Å². The highest BCUT2D eigenvalue weighted by molar-refractivity contribution is 7.15. The third-order valence-electron chi connectivity index (χ3n) is 6.34. The molecular weight excluding hydrogens is 449 g/mol. The van der Waals surface area contributed by atoms with E-state index < -0.39 is 0 Å². The first kappa shape index (κ1) is 20.8. The molecule has 1 fully saturated rings. The Labute approximate surface area is 199 Å². The minimum Gasteiger partial charge on any atom is -0.332 e. The summed E-state index contributed by atoms with van der Waals surface area (Å²) < 4.78 is 18.3. The molecule has 6 rings (SSSR count). The highest BCUT2D eigenvalue weighted by atomic mass is 32.1. The average molecular weight is 472 g/mol. The summed E-state index contributed by atoms with van der Waals surface area (Å²) in [4.78, 5) is 21.1. The molecule has 2 aromatic carbocycles. The standard InChI is InChI=1S/C26H22FN5OS/c27-21-11-5-4-10-20(21)23-24(32-15-16-34-26(32)28-23)25(33)31-13-6-9-19(31)17-30-14-12-22(29-30)18-7-2-1-3-8-18/h1-5,7-8,10-12,14-16,19H,6,9,13,17H2/t19-/m0/s1. The molecule has 0 saturated carbocycles. The van der Waals surface area contributed by atoms with Crippen molar-refractivity contribution in [1.29, 1.82) is 0 Å². The van der Waals surface area contributed by atoms with Gasteiger partial charge in [0.1, 0.15) is 17.2 Å². The van der Waals surface area contributed by atoms with Gasteiger partial charge in [-0.15, -0.1) is 11.3 Å². The molecule has 4 heterocycles. The number of halogens is 1. The van der Waals surface area contributed by atoms with Crippen LogP contribution >= 0.6 is 11.3 Å². The molecule has 0 spiro atoms. The number of rotatable bonds is 5. The number of imidazole rings is 1. The van der Waals surface area contributed by atoms with Crippen LogP contribution in [0.1, 0.15) is 23.3 Å². The minimum absolute atomic E-state index is 0.00804. The minimum atomic E-state index is -0.384. The van der Waals surface area contributed by atoms with Crippen molar-refractivity contribution < 1.29 is 9.18 Å². The Morgan fingerprint density at radius 2 is 1.88 bits per heavy atom. The summed E-state index contributed by atoms with van der Waals surface area (Å²) in [6, 6.07) is 18.5. The first-order chi connectivity index (χ1) is 16.7. The smallest absolute Gasteiger partial charge is 0.273 e. The monoisotopic (exact) mass is 471 g/mol. The van der Waals surface area contributed by atoms with Gasteiger partial charge in [0.2, 0.25) is 0 Å². The molecule has 0 N–H and O–H groups in total. The second-order valence-electron chi connectivity index (χ2n) is 8.43. The fourth-order valence-electron chi connectivity index (χ4n) is 4.70. The molecular formula is C26H22FN5OS. The number of hydrogen-bond donors (Lipinski definition) is 0. The first-order valence-corrected chi connectivity index (χ1v) is 12.2. The predicted molar refractivity (Wildman–Crippen MR) is 130 cm³/mol. The lowest BCUT2D eigenvalue weighted by atomic mass is 10.1. The van der Waals surface area contributed by atoms with Gasteiger partial charge in [0.05, 0.1) is 18.3 Å². The highest BCUT2D eigenvalue weighted by Gasteiger charge is 2.34. The second kappa shape index (κ2) is 8.53. The Kier molecular flexibility index (Phi) is 5.22. The zero-order chi connectivity index (χ0) is 23.1. The van der Waals surface area contributed by atoms with Crippen molar-refractivity contribution in [2.75, 3.05) is 6.54 Å². The summed E-state index contributed by atoms with van der Waals surface area (Å²) in [6.07, 6.45) is 5.61. The summed E-state index contributed by atoms with van der Waals surface area (Å²) in [5, 5.41) is 6.62. The van der Waals surface area contributed by atoms with E-state index in [2.05, 4.69) is 4.98 Å². The molecule has 1 amide bonds. The van der Waals surface area contributed by atoms with Gasteiger partial charge in [-0.2, -0.15) is 5.10 Å². The Morgan fingerprint density at radius 1 is 1.06 bits per heavy atom. The number of nitrogens with zero attached hydrogens (tertiary/aromatic N) is 5. The maximum absolute atomic E-state index is 14.7. The average Bonchev–Trinajstić information content (AvgIpc) is 3.64. The molecule has 1 saturated heterocycles. The van der Waals surface area contributed by atoms with Crippen LogP contribution in [0.15, 0.2) is 78.4 Å². The third kappa shape index (κ3) is 3.60. The fourth-order valence-corrected chi connectivity index (χ4v) is 5.42. The number of carbonyl (C=O) groups is 1. The maximum Gasteiger partial charge on any atom is 0.273 e. The SMILES string of the molecule is O=C(c1c(-c2ccccc2F)nc2sccn12)N1CCC[C@H]1Cn1ccc(-c2ccccc2)n1. The molecule has 0 bridgehead atoms. The van der Waals surface area contributed by atoms with Gasteiger partial charge in [0.25, 0.3) is 5.91 Å². The van der Waals surface area contributed by atoms with Crippen LogP contribution in [-0.4, -0.2) is 42.6 Å². The number of carbonyl (C=O) groups excluding carboxylic acids is 1. The van der Waals surface area contributed by atoms with E-state index in [9.17, 15) is 9.18 Å². The number of benzene rings is 2. The number of thiazole rings is 1. The van der Waals surface area contributed by atoms with E-state index in [-0.39, 0.29) is 17.8 Å². The summed E-state index contributed by atoms with van der Waals surface area (Å²) in [7, 11) is 0. The van der Waals surface area contributed by atoms with Crippen LogP contribution in [0.2, 0.25) is 0 Å². The summed E-state index contributed by atoms with van der Waals surface area (Å²) >= 11 is 1.43. The number of hydrogen-bond acceptors (Lipinski definition) is 4. The van der Waals surface area contributed by atoms with Crippen molar-refractivity contribution in [3.8, 4) is 22.5 Å². The molecule has 0 aliphatic carbocycles. The van der Waals surface area contributed by atoms with Gasteiger partial charge >= 0.3 is 0 Å². The number of likely N-dealkylation sites (tertiary alicyclic amines) is 1. The molecule has 3 aromatic heterocycles. The number of fused-ring (bicyclic) bond motifs is 1. The van der Waals surface area contributed by atoms with Crippen LogP contribution in [0, 0.1) is 5.82 Å². The lowest BCUT2D eigenvalue weighted by Crippen LogP contribution is -2.39. The zero-order valence-corrected chi connectivity index (χ0v) is 19.2. The second-order valence-corrected chi connectivity index (χ2v) is 9.30. The lowest BCUT2D eigenvalue weighted by molar-refractivity contribution is 0.0715. The summed E-state index contributed by atoms with van der Waals surface area (Å²) in [5.74, 6) is -0.507. The van der Waals surface area contributed by atoms with E-state index in [0.717, 1.165) is 24.1 Å². The van der Waals surface area contributed by atoms with Gasteiger partial charge in [0.15, 0.2) is 4.96 Å². The van der Waals surface area contributed by atoms with Crippen LogP contribution in [0.4, 0.5) is 4.39 Å². The van der Waals surface area contributed by atoms with Crippen molar-refractivity contribution in [3.05, 3.63) is 89.9 Å². The lowest BCUT2D eigenvalue weighted by Gasteiger charge is -2.25. The quantitative estimate of drug-likeness (QED) is 0.346. The third-order valence-corrected chi connectivity index (χ3v) is 7.10. The molecule has 1 aliphatic heterocycles. The van der Waals surface area contributed by atoms with E-state index in [1.54, 1.807) is 22.6 Å². The summed E-state index contributed by atoms with van der Waals surface area (Å²) in [6.45, 7) is 1.27. The Bertz CT molecular complexity index is 1470. The van der Waals surface area contributed by atoms with Crippen molar-refractivity contribution in [2.24, 2.45) is 0 Å². The van der Waals surface area contributed by atoms with Crippen molar-refractivity contribution in [3.63, 3.8) is 0 Å². The van der Waals surface area contributed by atoms with Gasteiger partial charge in [0, 0.05) is 35.4 Å². The van der Waals surface area contributed by atoms with Gasteiger partial charge in [-0.05, 0) is 31.0 Å². The Balaban J connectivity index is 1.31. The van der Waals surface area contributed by atoms with E-state index in [1.165, 1.54) is 17.4 Å². The molecule has 5 aromatic rings. The molecule has 34 heavy (non-hydrogen) atoms. The Hall–Kier alpha value is -3.78. The highest BCUT2D eigenvalue weighted by Crippen LogP contribution is 2.31. The van der Waals surface area contributed by atoms with Crippen LogP contribution in [0.25, 0.3) is 27.5 Å². The number of aromatic nitrogens is 4. The van der Waals surface area contributed by atoms with Gasteiger partial charge < -0.3 is 4.90 Å². The van der Waals surface area contributed by atoms with Crippen LogP contribution in [0.5, 0.6) is 0 Å². The van der Waals surface area contributed by atoms with Crippen LogP contribution in [0.3, 0.4) is 0 Å². The van der Waals surface area contributed by atoms with Gasteiger partial charge in [-0.3, -0.25) is 13.9 Å². The van der Waals surface area contributed by atoms with Crippen LogP contribution in [-0.2, 0) is 6.54 Å². The Morgan fingerprint density at radius 3 is 2.74 bits per heavy atom. The zero-order valence-electron chi connectivity index (χ0n) is 18.3. The predicted octanol–water partition coefficient (Wildman–Crippen LogP) is 5.37. The molecule has 6 nitrogen and oxygen atoms in total. The molecule has 1 atom stereocenters. The first-order valence-electron chi connectivity index (χ1n) is 11.3. The molecule has 8 heteroatoms. The summed E-state index contributed by atoms with van der Waals surface area (Å²) in [5.41, 5.74) is 3.13. The fraction of sp³-hybridized carbons (Fsp3) is 0.192. The largest absolute Gasteiger partial charge is 0.332 e. The maximum atomic E-state index is 14.7. The molecule has 0 unspecified atom stereocenters. The van der Waals surface area contributed by atoms with Gasteiger partial charge in [-0.1, -0.05) is 42.5 Å². The van der Waals surface area contributed by atoms with Crippen LogP contribution < -0.4 is 0 Å². The normalized spacial score (nSPS) is 15.9.